The monoisotopic (exact) mass is 319 g/mol. The van der Waals surface area contributed by atoms with Crippen molar-refractivity contribution in [3.8, 4) is 0 Å². The van der Waals surface area contributed by atoms with E-state index in [1.807, 2.05) is 36.4 Å². The summed E-state index contributed by atoms with van der Waals surface area (Å²) in [6, 6.07) is 16.1. The molecule has 100 valence electrons. The third-order valence-corrected chi connectivity index (χ3v) is 3.89. The molecule has 0 radical (unpaired) electrons. The van der Waals surface area contributed by atoms with Crippen LogP contribution in [0.15, 0.2) is 53.0 Å². The zero-order chi connectivity index (χ0) is 13.7. The number of benzene rings is 2. The fourth-order valence-electron chi connectivity index (χ4n) is 2.18. The summed E-state index contributed by atoms with van der Waals surface area (Å²) >= 11 is 3.52. The minimum absolute atomic E-state index is 0.0678. The Morgan fingerprint density at radius 3 is 2.47 bits per heavy atom. The summed E-state index contributed by atoms with van der Waals surface area (Å²) in [6.07, 6.45) is 0.963. The molecule has 0 saturated carbocycles. The number of rotatable bonds is 5. The molecule has 19 heavy (non-hydrogen) atoms. The Bertz CT molecular complexity index is 542. The lowest BCUT2D eigenvalue weighted by atomic mass is 9.99. The zero-order valence-corrected chi connectivity index (χ0v) is 12.5. The Kier molecular flexibility index (Phi) is 5.00. The van der Waals surface area contributed by atoms with Crippen LogP contribution < -0.4 is 5.32 Å². The van der Waals surface area contributed by atoms with Gasteiger partial charge >= 0.3 is 0 Å². The average molecular weight is 320 g/mol. The topological polar surface area (TPSA) is 32.3 Å². The highest BCUT2D eigenvalue weighted by atomic mass is 79.9. The summed E-state index contributed by atoms with van der Waals surface area (Å²) < 4.78 is 1.00. The van der Waals surface area contributed by atoms with Crippen molar-refractivity contribution in [3.05, 3.63) is 64.1 Å². The molecule has 0 saturated heterocycles. The summed E-state index contributed by atoms with van der Waals surface area (Å²) in [6.45, 7) is 2.20. The number of hydrogen-bond acceptors (Lipinski definition) is 2. The molecule has 2 nitrogen and oxygen atoms in total. The van der Waals surface area contributed by atoms with Crippen molar-refractivity contribution >= 4 is 21.6 Å². The predicted molar refractivity (Wildman–Crippen MR) is 83.4 cm³/mol. The molecule has 2 aromatic rings. The number of aliphatic hydroxyl groups excluding tert-OH is 1. The Balaban J connectivity index is 2.28. The van der Waals surface area contributed by atoms with E-state index in [4.69, 9.17) is 0 Å². The highest BCUT2D eigenvalue weighted by Gasteiger charge is 2.14. The summed E-state index contributed by atoms with van der Waals surface area (Å²) in [4.78, 5) is 0. The number of aryl methyl sites for hydroxylation is 1. The van der Waals surface area contributed by atoms with Crippen molar-refractivity contribution in [1.29, 1.82) is 0 Å². The molecule has 0 aliphatic carbocycles. The second kappa shape index (κ2) is 6.73. The molecule has 0 heterocycles. The van der Waals surface area contributed by atoms with E-state index in [1.165, 1.54) is 5.56 Å². The molecule has 0 aliphatic heterocycles. The van der Waals surface area contributed by atoms with Crippen molar-refractivity contribution in [2.24, 2.45) is 0 Å². The number of aliphatic hydroxyl groups is 1. The van der Waals surface area contributed by atoms with E-state index in [1.54, 1.807) is 0 Å². The van der Waals surface area contributed by atoms with E-state index in [2.05, 4.69) is 40.3 Å². The van der Waals surface area contributed by atoms with Gasteiger partial charge in [0.05, 0.1) is 12.6 Å². The Morgan fingerprint density at radius 1 is 1.11 bits per heavy atom. The minimum atomic E-state index is -0.0881. The van der Waals surface area contributed by atoms with Gasteiger partial charge in [0.2, 0.25) is 0 Å². The third-order valence-electron chi connectivity index (χ3n) is 3.20. The lowest BCUT2D eigenvalue weighted by molar-refractivity contribution is 0.276. The first kappa shape index (κ1) is 14.1. The molecular weight excluding hydrogens is 302 g/mol. The van der Waals surface area contributed by atoms with Crippen molar-refractivity contribution in [2.45, 2.75) is 19.4 Å². The largest absolute Gasteiger partial charge is 0.394 e. The summed E-state index contributed by atoms with van der Waals surface area (Å²) in [7, 11) is 0. The third kappa shape index (κ3) is 3.37. The van der Waals surface area contributed by atoms with Gasteiger partial charge in [-0.2, -0.15) is 0 Å². The normalized spacial score (nSPS) is 12.2. The molecule has 0 aliphatic rings. The fourth-order valence-corrected chi connectivity index (χ4v) is 2.58. The van der Waals surface area contributed by atoms with E-state index >= 15 is 0 Å². The standard InChI is InChI=1S/C16H18BrNO/c1-2-12-7-3-4-8-13(12)16(11-19)18-15-10-6-5-9-14(15)17/h3-10,16,18-19H,2,11H2,1H3. The van der Waals surface area contributed by atoms with Crippen LogP contribution >= 0.6 is 15.9 Å². The van der Waals surface area contributed by atoms with Gasteiger partial charge in [-0.05, 0) is 45.6 Å². The van der Waals surface area contributed by atoms with Gasteiger partial charge in [-0.15, -0.1) is 0 Å². The number of anilines is 1. The number of para-hydroxylation sites is 1. The first-order valence-corrected chi connectivity index (χ1v) is 7.25. The Morgan fingerprint density at radius 2 is 1.79 bits per heavy atom. The van der Waals surface area contributed by atoms with Gasteiger partial charge in [0, 0.05) is 10.2 Å². The van der Waals surface area contributed by atoms with Crippen molar-refractivity contribution in [3.63, 3.8) is 0 Å². The molecule has 2 N–H and O–H groups in total. The van der Waals surface area contributed by atoms with Crippen molar-refractivity contribution in [1.82, 2.24) is 0 Å². The van der Waals surface area contributed by atoms with Gasteiger partial charge in [-0.1, -0.05) is 43.3 Å². The molecule has 2 aromatic carbocycles. The van der Waals surface area contributed by atoms with E-state index < -0.39 is 0 Å². The summed E-state index contributed by atoms with van der Waals surface area (Å²) in [5, 5.41) is 13.1. The van der Waals surface area contributed by atoms with Gasteiger partial charge < -0.3 is 10.4 Å². The molecular formula is C16H18BrNO. The average Bonchev–Trinajstić information content (AvgIpc) is 2.46. The SMILES string of the molecule is CCc1ccccc1C(CO)Nc1ccccc1Br. The molecule has 0 amide bonds. The second-order valence-corrected chi connectivity index (χ2v) is 5.27. The number of halogens is 1. The van der Waals surface area contributed by atoms with Crippen LogP contribution in [0.1, 0.15) is 24.1 Å². The first-order valence-electron chi connectivity index (χ1n) is 6.46. The molecule has 1 unspecified atom stereocenters. The van der Waals surface area contributed by atoms with Gasteiger partial charge in [0.1, 0.15) is 0 Å². The molecule has 0 spiro atoms. The maximum absolute atomic E-state index is 9.67. The number of hydrogen-bond donors (Lipinski definition) is 2. The lowest BCUT2D eigenvalue weighted by Crippen LogP contribution is -2.16. The van der Waals surface area contributed by atoms with Crippen LogP contribution in [0.3, 0.4) is 0 Å². The van der Waals surface area contributed by atoms with E-state index in [-0.39, 0.29) is 12.6 Å². The van der Waals surface area contributed by atoms with Gasteiger partial charge in [-0.3, -0.25) is 0 Å². The quantitative estimate of drug-likeness (QED) is 0.867. The molecule has 0 aromatic heterocycles. The van der Waals surface area contributed by atoms with Crippen LogP contribution in [0.2, 0.25) is 0 Å². The van der Waals surface area contributed by atoms with Crippen LogP contribution in [-0.2, 0) is 6.42 Å². The van der Waals surface area contributed by atoms with Crippen LogP contribution in [0, 0.1) is 0 Å². The lowest BCUT2D eigenvalue weighted by Gasteiger charge is -2.21. The van der Waals surface area contributed by atoms with E-state index in [0.717, 1.165) is 22.1 Å². The van der Waals surface area contributed by atoms with Crippen LogP contribution in [0.25, 0.3) is 0 Å². The maximum atomic E-state index is 9.67. The van der Waals surface area contributed by atoms with Crippen LogP contribution in [0.4, 0.5) is 5.69 Å². The van der Waals surface area contributed by atoms with Crippen molar-refractivity contribution < 1.29 is 5.11 Å². The van der Waals surface area contributed by atoms with Crippen molar-refractivity contribution in [2.75, 3.05) is 11.9 Å². The van der Waals surface area contributed by atoms with E-state index in [0.29, 0.717) is 0 Å². The molecule has 3 heteroatoms. The Labute approximate surface area is 122 Å². The minimum Gasteiger partial charge on any atom is -0.394 e. The molecule has 0 bridgehead atoms. The maximum Gasteiger partial charge on any atom is 0.0748 e. The number of nitrogens with one attached hydrogen (secondary N) is 1. The van der Waals surface area contributed by atoms with E-state index in [9.17, 15) is 5.11 Å². The molecule has 2 rings (SSSR count). The predicted octanol–water partition coefficient (Wildman–Crippen LogP) is 4.16. The second-order valence-electron chi connectivity index (χ2n) is 4.41. The summed E-state index contributed by atoms with van der Waals surface area (Å²) in [5.41, 5.74) is 3.41. The highest BCUT2D eigenvalue weighted by molar-refractivity contribution is 9.10. The fraction of sp³-hybridized carbons (Fsp3) is 0.250. The molecule has 1 atom stereocenters. The highest BCUT2D eigenvalue weighted by Crippen LogP contribution is 2.27. The summed E-state index contributed by atoms with van der Waals surface area (Å²) in [5.74, 6) is 0. The molecule has 0 fully saturated rings. The smallest absolute Gasteiger partial charge is 0.0748 e. The van der Waals surface area contributed by atoms with Gasteiger partial charge in [0.25, 0.3) is 0 Å². The van der Waals surface area contributed by atoms with Crippen LogP contribution in [0.5, 0.6) is 0 Å². The van der Waals surface area contributed by atoms with Gasteiger partial charge in [0.15, 0.2) is 0 Å². The van der Waals surface area contributed by atoms with Gasteiger partial charge in [-0.25, -0.2) is 0 Å². The Hall–Kier alpha value is -1.32. The first-order chi connectivity index (χ1) is 9.26. The van der Waals surface area contributed by atoms with Crippen LogP contribution in [-0.4, -0.2) is 11.7 Å². The zero-order valence-electron chi connectivity index (χ0n) is 10.9.